The van der Waals surface area contributed by atoms with E-state index in [-0.39, 0.29) is 5.56 Å². The molecule has 0 aliphatic carbocycles. The van der Waals surface area contributed by atoms with E-state index in [9.17, 15) is 31.5 Å². The van der Waals surface area contributed by atoms with Crippen LogP contribution in [0.15, 0.2) is 48.7 Å². The van der Waals surface area contributed by atoms with Gasteiger partial charge in [-0.1, -0.05) is 6.07 Å². The number of pyridine rings is 1. The average molecular weight is 624 g/mol. The van der Waals surface area contributed by atoms with Crippen molar-refractivity contribution in [3.8, 4) is 28.7 Å². The molecule has 1 atom stereocenters. The number of nitrogens with zero attached hydrogens (tertiary/aromatic N) is 3. The molecule has 16 heteroatoms. The zero-order valence-electron chi connectivity index (χ0n) is 23.0. The monoisotopic (exact) mass is 623 g/mol. The van der Waals surface area contributed by atoms with Gasteiger partial charge in [-0.05, 0) is 35.9 Å². The van der Waals surface area contributed by atoms with Crippen LogP contribution < -0.4 is 20.5 Å². The Morgan fingerprint density at radius 2 is 1.91 bits per heavy atom. The normalized spacial score (nSPS) is 15.5. The van der Waals surface area contributed by atoms with Crippen LogP contribution in [0.3, 0.4) is 0 Å². The highest BCUT2D eigenvalue weighted by molar-refractivity contribution is 6.07. The lowest BCUT2D eigenvalue weighted by Crippen LogP contribution is -2.43. The summed E-state index contributed by atoms with van der Waals surface area (Å²) in [5, 5.41) is 19.2. The molecule has 11 nitrogen and oxygen atoms in total. The number of fused-ring (bicyclic) bond motifs is 1. The number of benzene rings is 2. The third-order valence-electron chi connectivity index (χ3n) is 6.24. The van der Waals surface area contributed by atoms with Gasteiger partial charge in [-0.2, -0.15) is 18.4 Å². The summed E-state index contributed by atoms with van der Waals surface area (Å²) in [6.45, 7) is -0.748. The molecule has 3 aromatic rings. The minimum absolute atomic E-state index is 0.251. The van der Waals surface area contributed by atoms with Crippen LogP contribution >= 0.6 is 0 Å². The highest BCUT2D eigenvalue weighted by atomic mass is 19.4. The molecule has 1 fully saturated rings. The number of carboxylic acids is 1. The summed E-state index contributed by atoms with van der Waals surface area (Å²) in [5.74, 6) is -6.06. The number of carboxylic acid groups (broad SMARTS) is 1. The lowest BCUT2D eigenvalue weighted by molar-refractivity contribution is -0.192. The number of ether oxygens (including phenoxy) is 2. The first-order valence-corrected chi connectivity index (χ1v) is 12.8. The molecule has 1 aliphatic rings. The van der Waals surface area contributed by atoms with E-state index >= 15 is 0 Å². The molecule has 0 radical (unpaired) electrons. The largest absolute Gasteiger partial charge is 0.497 e. The number of carbonyl (C=O) groups is 3. The molecule has 1 aromatic heterocycles. The van der Waals surface area contributed by atoms with E-state index in [1.165, 1.54) is 12.3 Å². The number of nitrogens with two attached hydrogens (primary N) is 1. The lowest BCUT2D eigenvalue weighted by Gasteiger charge is -2.19. The maximum absolute atomic E-state index is 13.7. The van der Waals surface area contributed by atoms with Crippen molar-refractivity contribution in [2.24, 2.45) is 5.73 Å². The second-order valence-corrected chi connectivity index (χ2v) is 9.30. The first kappa shape index (κ1) is 33.5. The fourth-order valence-corrected chi connectivity index (χ4v) is 4.22. The number of alkyl halides is 5. The summed E-state index contributed by atoms with van der Waals surface area (Å²) in [6, 6.07) is 12.7. The molecule has 44 heavy (non-hydrogen) atoms. The van der Waals surface area contributed by atoms with Gasteiger partial charge in [0.05, 0.1) is 37.3 Å². The van der Waals surface area contributed by atoms with Gasteiger partial charge in [0.25, 0.3) is 11.8 Å². The number of amides is 2. The highest BCUT2D eigenvalue weighted by Gasteiger charge is 2.47. The van der Waals surface area contributed by atoms with Gasteiger partial charge in [-0.3, -0.25) is 14.6 Å². The molecule has 2 heterocycles. The molecule has 0 unspecified atom stereocenters. The summed E-state index contributed by atoms with van der Waals surface area (Å²) in [6.07, 6.45) is -4.34. The second-order valence-electron chi connectivity index (χ2n) is 9.30. The van der Waals surface area contributed by atoms with Gasteiger partial charge < -0.3 is 30.5 Å². The number of carbonyl (C=O) groups excluding carboxylic acids is 2. The molecule has 4 N–H and O–H groups in total. The maximum atomic E-state index is 13.7. The Balaban J connectivity index is 0.000000676. The van der Waals surface area contributed by atoms with Crippen molar-refractivity contribution in [1.29, 1.82) is 5.26 Å². The van der Waals surface area contributed by atoms with E-state index in [0.717, 1.165) is 16.0 Å². The van der Waals surface area contributed by atoms with Crippen molar-refractivity contribution < 1.29 is 50.9 Å². The van der Waals surface area contributed by atoms with Crippen LogP contribution in [0.2, 0.25) is 0 Å². The van der Waals surface area contributed by atoms with Crippen molar-refractivity contribution in [2.75, 3.05) is 33.4 Å². The van der Waals surface area contributed by atoms with Gasteiger partial charge in [-0.25, -0.2) is 13.6 Å². The van der Waals surface area contributed by atoms with Gasteiger partial charge in [-0.15, -0.1) is 0 Å². The van der Waals surface area contributed by atoms with Crippen molar-refractivity contribution in [3.05, 3.63) is 54.2 Å². The van der Waals surface area contributed by atoms with E-state index in [2.05, 4.69) is 10.3 Å². The molecule has 0 spiro atoms. The van der Waals surface area contributed by atoms with Gasteiger partial charge >= 0.3 is 12.1 Å². The van der Waals surface area contributed by atoms with E-state index in [4.69, 9.17) is 30.4 Å². The number of hydrogen-bond donors (Lipinski definition) is 3. The number of likely N-dealkylation sites (tertiary alicyclic amines) is 1. The third kappa shape index (κ3) is 8.28. The summed E-state index contributed by atoms with van der Waals surface area (Å²) < 4.78 is 70.2. The predicted octanol–water partition coefficient (Wildman–Crippen LogP) is 3.37. The number of nitriles is 1. The zero-order chi connectivity index (χ0) is 32.7. The number of aliphatic carboxylic acids is 1. The quantitative estimate of drug-likeness (QED) is 0.319. The van der Waals surface area contributed by atoms with Crippen LogP contribution in [0.4, 0.5) is 22.0 Å². The first-order valence-electron chi connectivity index (χ1n) is 12.8. The Morgan fingerprint density at radius 3 is 2.52 bits per heavy atom. The Morgan fingerprint density at radius 1 is 1.20 bits per heavy atom. The van der Waals surface area contributed by atoms with Crippen molar-refractivity contribution >= 4 is 28.7 Å². The van der Waals surface area contributed by atoms with Gasteiger partial charge in [0.15, 0.2) is 0 Å². The molecule has 1 aliphatic heterocycles. The number of hydrogen-bond acceptors (Lipinski definition) is 8. The Labute approximate surface area is 247 Å². The Kier molecular flexibility index (Phi) is 10.6. The molecule has 0 bridgehead atoms. The summed E-state index contributed by atoms with van der Waals surface area (Å²) in [5.41, 5.74) is 7.89. The van der Waals surface area contributed by atoms with Crippen molar-refractivity contribution in [3.63, 3.8) is 0 Å². The van der Waals surface area contributed by atoms with Crippen LogP contribution in [0, 0.1) is 11.3 Å². The number of nitrogens with one attached hydrogen (secondary N) is 1. The van der Waals surface area contributed by atoms with Gasteiger partial charge in [0.1, 0.15) is 24.1 Å². The molecule has 0 saturated carbocycles. The second kappa shape index (κ2) is 14.0. The van der Waals surface area contributed by atoms with E-state index in [1.54, 1.807) is 37.4 Å². The molecule has 2 amide bonds. The van der Waals surface area contributed by atoms with E-state index in [1.807, 2.05) is 12.1 Å². The molecule has 234 valence electrons. The fraction of sp³-hybridized carbons (Fsp3) is 0.321. The van der Waals surface area contributed by atoms with Crippen LogP contribution in [0.1, 0.15) is 16.8 Å². The van der Waals surface area contributed by atoms with E-state index < -0.39 is 55.4 Å². The summed E-state index contributed by atoms with van der Waals surface area (Å²) >= 11 is 0. The number of halogens is 5. The summed E-state index contributed by atoms with van der Waals surface area (Å²) in [7, 11) is 1.55. The third-order valence-corrected chi connectivity index (χ3v) is 6.24. The minimum Gasteiger partial charge on any atom is -0.497 e. The van der Waals surface area contributed by atoms with Gasteiger partial charge in [0, 0.05) is 36.2 Å². The van der Waals surface area contributed by atoms with Crippen LogP contribution in [-0.2, 0) is 9.59 Å². The smallest absolute Gasteiger partial charge is 0.490 e. The van der Waals surface area contributed by atoms with Crippen LogP contribution in [0.25, 0.3) is 22.0 Å². The predicted molar refractivity (Wildman–Crippen MR) is 145 cm³/mol. The maximum Gasteiger partial charge on any atom is 0.490 e. The Bertz CT molecular complexity index is 1580. The van der Waals surface area contributed by atoms with Crippen molar-refractivity contribution in [1.82, 2.24) is 15.2 Å². The number of rotatable bonds is 8. The SMILES string of the molecule is COc1ccc(-c2ccc3nccc(C(=O)NCC(=O)N4CC(F)(F)C[C@H]4C#N)c3c2)c(OCCN)c1.O=C(O)C(F)(F)F. The topological polar surface area (TPSA) is 168 Å². The number of methoxy groups -OCH3 is 1. The molecular formula is C28H26F5N5O6. The molecular weight excluding hydrogens is 597 g/mol. The van der Waals surface area contributed by atoms with Crippen LogP contribution in [-0.4, -0.2) is 84.3 Å². The van der Waals surface area contributed by atoms with Crippen LogP contribution in [0.5, 0.6) is 11.5 Å². The van der Waals surface area contributed by atoms with E-state index in [0.29, 0.717) is 35.6 Å². The Hall–Kier alpha value is -5.04. The zero-order valence-corrected chi connectivity index (χ0v) is 23.0. The first-order chi connectivity index (χ1) is 20.7. The minimum atomic E-state index is -5.08. The highest BCUT2D eigenvalue weighted by Crippen LogP contribution is 2.35. The number of aromatic nitrogens is 1. The molecule has 2 aromatic carbocycles. The standard InChI is InChI=1S/C26H25F2N5O4.C2HF3O2/c1-36-18-3-4-19(23(11-18)37-9-7-29)16-2-5-22-21(10-16)20(6-8-31-22)25(35)32-14-24(34)33-15-26(27,28)12-17(33)13-30;3-2(4,5)1(6)7/h2-6,8,10-11,17H,7,9,12,14-15,29H2,1H3,(H,32,35);(H,6,7)/t17-;/m0./s1. The molecule has 1 saturated heterocycles. The van der Waals surface area contributed by atoms with Gasteiger partial charge in [0.2, 0.25) is 5.91 Å². The van der Waals surface area contributed by atoms with Crippen molar-refractivity contribution in [2.45, 2.75) is 24.6 Å². The average Bonchev–Trinajstić information content (AvgIpc) is 3.32. The lowest BCUT2D eigenvalue weighted by atomic mass is 9.99. The fourth-order valence-electron chi connectivity index (χ4n) is 4.22. The molecule has 4 rings (SSSR count). The summed E-state index contributed by atoms with van der Waals surface area (Å²) in [4.78, 5) is 39.5.